The molecule has 0 atom stereocenters. The third kappa shape index (κ3) is 4.15. The molecule has 98 valence electrons. The molecule has 1 N–H and O–H groups in total. The van der Waals surface area contributed by atoms with Crippen LogP contribution < -0.4 is 5.32 Å². The second-order valence-electron chi connectivity index (χ2n) is 4.97. The van der Waals surface area contributed by atoms with E-state index in [2.05, 4.69) is 17.4 Å². The number of hydrogen-bond acceptors (Lipinski definition) is 2. The van der Waals surface area contributed by atoms with Gasteiger partial charge in [0.15, 0.2) is 0 Å². The maximum absolute atomic E-state index is 11.0. The molecular formula is C15H21NO2. The average molecular weight is 247 g/mol. The van der Waals surface area contributed by atoms with Crippen molar-refractivity contribution in [2.24, 2.45) is 0 Å². The summed E-state index contributed by atoms with van der Waals surface area (Å²) in [5.74, 6) is 0.0728. The number of carbonyl (C=O) groups is 1. The maximum Gasteiger partial charge on any atom is 0.217 e. The molecule has 3 heteroatoms. The van der Waals surface area contributed by atoms with Gasteiger partial charge in [0.05, 0.1) is 12.7 Å². The first-order valence-electron chi connectivity index (χ1n) is 6.66. The van der Waals surface area contributed by atoms with Gasteiger partial charge < -0.3 is 10.1 Å². The Bertz CT molecular complexity index is 369. The van der Waals surface area contributed by atoms with E-state index in [1.54, 1.807) is 6.92 Å². The van der Waals surface area contributed by atoms with E-state index in [-0.39, 0.29) is 5.91 Å². The minimum absolute atomic E-state index is 0.0728. The highest BCUT2D eigenvalue weighted by Crippen LogP contribution is 2.22. The molecule has 0 spiro atoms. The van der Waals surface area contributed by atoms with E-state index < -0.39 is 0 Å². The molecule has 1 aliphatic rings. The smallest absolute Gasteiger partial charge is 0.217 e. The fourth-order valence-electron chi connectivity index (χ4n) is 2.45. The molecule has 0 bridgehead atoms. The van der Waals surface area contributed by atoms with Gasteiger partial charge in [-0.3, -0.25) is 4.79 Å². The summed E-state index contributed by atoms with van der Waals surface area (Å²) in [6.07, 6.45) is 4.48. The quantitative estimate of drug-likeness (QED) is 0.888. The van der Waals surface area contributed by atoms with Crippen molar-refractivity contribution in [3.8, 4) is 0 Å². The second kappa shape index (κ2) is 6.55. The Morgan fingerprint density at radius 2 is 1.89 bits per heavy atom. The standard InChI is InChI=1S/C15H21NO2/c1-12(17)16-14-7-9-15(10-8-14)18-11-13-5-3-2-4-6-13/h2-6,14-15H,7-11H2,1H3,(H,16,17). The zero-order valence-corrected chi connectivity index (χ0v) is 10.9. The summed E-state index contributed by atoms with van der Waals surface area (Å²) in [7, 11) is 0. The van der Waals surface area contributed by atoms with Crippen molar-refractivity contribution in [2.45, 2.75) is 51.4 Å². The lowest BCUT2D eigenvalue weighted by molar-refractivity contribution is -0.120. The SMILES string of the molecule is CC(=O)NC1CCC(OCc2ccccc2)CC1. The minimum atomic E-state index is 0.0728. The molecule has 1 aromatic rings. The molecule has 1 aromatic carbocycles. The van der Waals surface area contributed by atoms with Gasteiger partial charge >= 0.3 is 0 Å². The fourth-order valence-corrected chi connectivity index (χ4v) is 2.45. The van der Waals surface area contributed by atoms with Crippen LogP contribution in [-0.4, -0.2) is 18.1 Å². The molecular weight excluding hydrogens is 226 g/mol. The van der Waals surface area contributed by atoms with Gasteiger partial charge in [-0.2, -0.15) is 0 Å². The van der Waals surface area contributed by atoms with Gasteiger partial charge in [-0.05, 0) is 31.2 Å². The molecule has 2 rings (SSSR count). The fraction of sp³-hybridized carbons (Fsp3) is 0.533. The third-order valence-corrected chi connectivity index (χ3v) is 3.41. The molecule has 1 fully saturated rings. The Hall–Kier alpha value is -1.35. The predicted octanol–water partition coefficient (Wildman–Crippen LogP) is 2.65. The lowest BCUT2D eigenvalue weighted by Gasteiger charge is -2.28. The van der Waals surface area contributed by atoms with Gasteiger partial charge in [0.2, 0.25) is 5.91 Å². The lowest BCUT2D eigenvalue weighted by Crippen LogP contribution is -2.37. The lowest BCUT2D eigenvalue weighted by atomic mass is 9.93. The summed E-state index contributed by atoms with van der Waals surface area (Å²) in [6.45, 7) is 2.27. The first-order chi connectivity index (χ1) is 8.74. The van der Waals surface area contributed by atoms with Gasteiger partial charge in [-0.15, -0.1) is 0 Å². The van der Waals surface area contributed by atoms with Crippen LogP contribution in [0.15, 0.2) is 30.3 Å². The summed E-state index contributed by atoms with van der Waals surface area (Å²) >= 11 is 0. The number of nitrogens with one attached hydrogen (secondary N) is 1. The van der Waals surface area contributed by atoms with E-state index in [4.69, 9.17) is 4.74 Å². The van der Waals surface area contributed by atoms with E-state index in [0.29, 0.717) is 18.8 Å². The van der Waals surface area contributed by atoms with Gasteiger partial charge in [0.25, 0.3) is 0 Å². The molecule has 0 unspecified atom stereocenters. The van der Waals surface area contributed by atoms with Crippen LogP contribution in [0.5, 0.6) is 0 Å². The molecule has 0 saturated heterocycles. The molecule has 0 aliphatic heterocycles. The average Bonchev–Trinajstić information content (AvgIpc) is 2.38. The topological polar surface area (TPSA) is 38.3 Å². The normalized spacial score (nSPS) is 23.6. The molecule has 18 heavy (non-hydrogen) atoms. The number of carbonyl (C=O) groups excluding carboxylic acids is 1. The van der Waals surface area contributed by atoms with Gasteiger partial charge in [0, 0.05) is 13.0 Å². The first kappa shape index (κ1) is 13.1. The maximum atomic E-state index is 11.0. The van der Waals surface area contributed by atoms with Crippen molar-refractivity contribution in [3.05, 3.63) is 35.9 Å². The molecule has 0 radical (unpaired) electrons. The summed E-state index contributed by atoms with van der Waals surface area (Å²) in [6, 6.07) is 10.6. The highest BCUT2D eigenvalue weighted by atomic mass is 16.5. The van der Waals surface area contributed by atoms with E-state index >= 15 is 0 Å². The van der Waals surface area contributed by atoms with Gasteiger partial charge in [-0.1, -0.05) is 30.3 Å². The summed E-state index contributed by atoms with van der Waals surface area (Å²) in [4.78, 5) is 11.0. The van der Waals surface area contributed by atoms with Crippen molar-refractivity contribution in [1.82, 2.24) is 5.32 Å². The van der Waals surface area contributed by atoms with Crippen LogP contribution in [0.25, 0.3) is 0 Å². The molecule has 1 amide bonds. The van der Waals surface area contributed by atoms with Crippen LogP contribution >= 0.6 is 0 Å². The van der Waals surface area contributed by atoms with Crippen LogP contribution in [0, 0.1) is 0 Å². The van der Waals surface area contributed by atoms with Gasteiger partial charge in [-0.25, -0.2) is 0 Å². The number of hydrogen-bond donors (Lipinski definition) is 1. The van der Waals surface area contributed by atoms with Crippen LogP contribution in [-0.2, 0) is 16.1 Å². The zero-order valence-electron chi connectivity index (χ0n) is 10.9. The Kier molecular flexibility index (Phi) is 4.76. The van der Waals surface area contributed by atoms with Crippen molar-refractivity contribution in [1.29, 1.82) is 0 Å². The molecule has 1 aliphatic carbocycles. The highest BCUT2D eigenvalue weighted by molar-refractivity contribution is 5.73. The van der Waals surface area contributed by atoms with Crippen LogP contribution in [0.1, 0.15) is 38.2 Å². The van der Waals surface area contributed by atoms with E-state index in [0.717, 1.165) is 25.7 Å². The monoisotopic (exact) mass is 247 g/mol. The summed E-state index contributed by atoms with van der Waals surface area (Å²) in [5, 5.41) is 2.98. The minimum Gasteiger partial charge on any atom is -0.374 e. The highest BCUT2D eigenvalue weighted by Gasteiger charge is 2.21. The van der Waals surface area contributed by atoms with Crippen LogP contribution in [0.3, 0.4) is 0 Å². The number of benzene rings is 1. The Morgan fingerprint density at radius 1 is 1.22 bits per heavy atom. The Balaban J connectivity index is 1.69. The van der Waals surface area contributed by atoms with Gasteiger partial charge in [0.1, 0.15) is 0 Å². The van der Waals surface area contributed by atoms with Crippen molar-refractivity contribution < 1.29 is 9.53 Å². The molecule has 3 nitrogen and oxygen atoms in total. The van der Waals surface area contributed by atoms with Crippen LogP contribution in [0.4, 0.5) is 0 Å². The van der Waals surface area contributed by atoms with E-state index in [1.165, 1.54) is 5.56 Å². The number of amides is 1. The largest absolute Gasteiger partial charge is 0.374 e. The molecule has 1 saturated carbocycles. The second-order valence-corrected chi connectivity index (χ2v) is 4.97. The third-order valence-electron chi connectivity index (χ3n) is 3.41. The van der Waals surface area contributed by atoms with E-state index in [1.807, 2.05) is 18.2 Å². The van der Waals surface area contributed by atoms with Crippen molar-refractivity contribution >= 4 is 5.91 Å². The zero-order chi connectivity index (χ0) is 12.8. The number of rotatable bonds is 4. The summed E-state index contributed by atoms with van der Waals surface area (Å²) < 4.78 is 5.91. The molecule has 0 aromatic heterocycles. The van der Waals surface area contributed by atoms with Crippen molar-refractivity contribution in [3.63, 3.8) is 0 Å². The summed E-state index contributed by atoms with van der Waals surface area (Å²) in [5.41, 5.74) is 1.22. The number of ether oxygens (including phenoxy) is 1. The Labute approximate surface area is 109 Å². The Morgan fingerprint density at radius 3 is 2.50 bits per heavy atom. The van der Waals surface area contributed by atoms with Crippen LogP contribution in [0.2, 0.25) is 0 Å². The van der Waals surface area contributed by atoms with Crippen molar-refractivity contribution in [2.75, 3.05) is 0 Å². The first-order valence-corrected chi connectivity index (χ1v) is 6.66. The molecule has 0 heterocycles. The predicted molar refractivity (Wildman–Crippen MR) is 71.1 cm³/mol. The van der Waals surface area contributed by atoms with E-state index in [9.17, 15) is 4.79 Å².